The van der Waals surface area contributed by atoms with Crippen molar-refractivity contribution in [3.8, 4) is 17.2 Å². The Morgan fingerprint density at radius 1 is 0.971 bits per heavy atom. The number of ether oxygens (including phenoxy) is 1. The summed E-state index contributed by atoms with van der Waals surface area (Å²) in [4.78, 5) is 19.5. The molecule has 0 saturated carbocycles. The quantitative estimate of drug-likeness (QED) is 0.150. The molecule has 6 N–H and O–H groups in total. The molecular formula is C22H20I4NO7P. The Bertz CT molecular complexity index is 1170. The molecule has 0 aliphatic carbocycles. The summed E-state index contributed by atoms with van der Waals surface area (Å²) in [6, 6.07) is 14.8. The van der Waals surface area contributed by atoms with E-state index >= 15 is 0 Å². The van der Waals surface area contributed by atoms with E-state index in [1.807, 2.05) is 12.1 Å². The first-order chi connectivity index (χ1) is 16.4. The van der Waals surface area contributed by atoms with Crippen molar-refractivity contribution in [1.29, 1.82) is 0 Å². The molecule has 0 radical (unpaired) electrons. The maximum Gasteiger partial charge on any atom is 0.320 e. The van der Waals surface area contributed by atoms with Crippen LogP contribution < -0.4 is 10.5 Å². The minimum absolute atomic E-state index is 0.242. The highest BCUT2D eigenvalue weighted by molar-refractivity contribution is 14.1. The third kappa shape index (κ3) is 9.54. The summed E-state index contributed by atoms with van der Waals surface area (Å²) in [6.45, 7) is 0. The minimum atomic E-state index is -2.86. The first kappa shape index (κ1) is 31.0. The van der Waals surface area contributed by atoms with Crippen molar-refractivity contribution in [2.75, 3.05) is 0 Å². The Balaban J connectivity index is 0.000000328. The van der Waals surface area contributed by atoms with Crippen LogP contribution in [0.2, 0.25) is 0 Å². The Labute approximate surface area is 257 Å². The van der Waals surface area contributed by atoms with Crippen LogP contribution in [0.4, 0.5) is 0 Å². The van der Waals surface area contributed by atoms with Crippen molar-refractivity contribution < 1.29 is 34.3 Å². The third-order valence-corrected chi connectivity index (χ3v) is 8.44. The average molecular weight is 949 g/mol. The van der Waals surface area contributed by atoms with Crippen LogP contribution in [0.15, 0.2) is 54.6 Å². The topological polar surface area (TPSA) is 150 Å². The van der Waals surface area contributed by atoms with E-state index in [-0.39, 0.29) is 12.2 Å². The average Bonchev–Trinajstić information content (AvgIpc) is 2.80. The Morgan fingerprint density at radius 2 is 1.49 bits per heavy atom. The third-order valence-electron chi connectivity index (χ3n) is 4.39. The van der Waals surface area contributed by atoms with Gasteiger partial charge in [0, 0.05) is 0 Å². The lowest BCUT2D eigenvalue weighted by Gasteiger charge is -2.14. The fraction of sp³-hybridized carbons (Fsp3) is 0.136. The number of aromatic hydroxyl groups is 1. The minimum Gasteiger partial charge on any atom is -0.506 e. The molecule has 0 amide bonds. The molecule has 3 atom stereocenters. The zero-order valence-corrected chi connectivity index (χ0v) is 27.3. The van der Waals surface area contributed by atoms with Crippen LogP contribution in [0.1, 0.15) is 17.0 Å². The fourth-order valence-electron chi connectivity index (χ4n) is 2.67. The number of hydrogen-bond donors (Lipinski definition) is 5. The molecule has 0 bridgehead atoms. The number of carbonyl (C=O) groups is 1. The Hall–Kier alpha value is -0.240. The zero-order chi connectivity index (χ0) is 26.3. The number of phenolic OH excluding ortho intramolecular Hbond substituents is 1. The van der Waals surface area contributed by atoms with Gasteiger partial charge >= 0.3 is 5.97 Å². The van der Waals surface area contributed by atoms with Crippen molar-refractivity contribution in [3.63, 3.8) is 0 Å². The number of carboxylic acids is 1. The molecular weight excluding hydrogens is 929 g/mol. The van der Waals surface area contributed by atoms with Crippen LogP contribution in [0, 0.1) is 14.3 Å². The van der Waals surface area contributed by atoms with Gasteiger partial charge in [-0.25, -0.2) is 0 Å². The lowest BCUT2D eigenvalue weighted by Crippen LogP contribution is -2.32. The number of rotatable bonds is 7. The molecule has 8 nitrogen and oxygen atoms in total. The van der Waals surface area contributed by atoms with Crippen LogP contribution in [-0.4, -0.2) is 32.2 Å². The van der Waals surface area contributed by atoms with Crippen LogP contribution >= 0.6 is 98.4 Å². The summed E-state index contributed by atoms with van der Waals surface area (Å²) < 4.78 is 19.6. The van der Waals surface area contributed by atoms with Crippen LogP contribution in [0.3, 0.4) is 0 Å². The highest BCUT2D eigenvalue weighted by atomic mass is 127. The van der Waals surface area contributed by atoms with Gasteiger partial charge in [-0.05, 0) is 132 Å². The summed E-state index contributed by atoms with van der Waals surface area (Å²) in [5.41, 5.74) is 6.93. The fourth-order valence-corrected chi connectivity index (χ4v) is 6.97. The molecule has 0 aromatic heterocycles. The molecule has 0 fully saturated rings. The van der Waals surface area contributed by atoms with E-state index in [4.69, 9.17) is 25.6 Å². The molecule has 0 saturated heterocycles. The zero-order valence-electron chi connectivity index (χ0n) is 17.7. The van der Waals surface area contributed by atoms with Gasteiger partial charge in [-0.15, -0.1) is 0 Å². The SMILES string of the molecule is N[C@@H](Cc1cc(I)c(Oc2cc(I)c(O)c(I)c2)c(I)c1)C(=O)O.O=[PH](O)C(O)c1ccccc1. The van der Waals surface area contributed by atoms with E-state index in [0.717, 1.165) is 12.7 Å². The highest BCUT2D eigenvalue weighted by Crippen LogP contribution is 2.37. The van der Waals surface area contributed by atoms with E-state index in [0.29, 0.717) is 24.2 Å². The molecule has 35 heavy (non-hydrogen) atoms. The van der Waals surface area contributed by atoms with Crippen molar-refractivity contribution in [2.45, 2.75) is 18.3 Å². The van der Waals surface area contributed by atoms with Gasteiger partial charge in [0.2, 0.25) is 8.03 Å². The molecule has 0 aliphatic rings. The summed E-state index contributed by atoms with van der Waals surface area (Å²) in [6.07, 6.45) is 0.261. The summed E-state index contributed by atoms with van der Waals surface area (Å²) in [5, 5.41) is 27.8. The molecule has 3 aromatic rings. The van der Waals surface area contributed by atoms with Gasteiger partial charge < -0.3 is 30.7 Å². The summed E-state index contributed by atoms with van der Waals surface area (Å²) in [5.74, 6) is -0.672. The number of aliphatic hydroxyl groups excluding tert-OH is 1. The number of carboxylic acid groups (broad SMARTS) is 1. The van der Waals surface area contributed by atoms with Gasteiger partial charge in [-0.3, -0.25) is 9.36 Å². The number of aliphatic carboxylic acids is 1. The largest absolute Gasteiger partial charge is 0.506 e. The monoisotopic (exact) mass is 949 g/mol. The van der Waals surface area contributed by atoms with Crippen LogP contribution in [-0.2, 0) is 15.8 Å². The maximum absolute atomic E-state index is 10.9. The Kier molecular flexibility index (Phi) is 13.0. The summed E-state index contributed by atoms with van der Waals surface area (Å²) in [7, 11) is -2.86. The van der Waals surface area contributed by atoms with Gasteiger partial charge in [-0.2, -0.15) is 0 Å². The molecule has 0 aliphatic heterocycles. The van der Waals surface area contributed by atoms with Gasteiger partial charge in [0.25, 0.3) is 0 Å². The van der Waals surface area contributed by atoms with Crippen molar-refractivity contribution in [3.05, 3.63) is 80.0 Å². The smallest absolute Gasteiger partial charge is 0.320 e. The number of benzene rings is 3. The predicted octanol–water partition coefficient (Wildman–Crippen LogP) is 5.70. The van der Waals surface area contributed by atoms with E-state index < -0.39 is 25.9 Å². The van der Waals surface area contributed by atoms with E-state index in [2.05, 4.69) is 90.4 Å². The maximum atomic E-state index is 10.9. The molecule has 188 valence electrons. The normalized spacial score (nSPS) is 13.2. The number of hydrogen-bond acceptors (Lipinski definition) is 6. The molecule has 2 unspecified atom stereocenters. The molecule has 3 rings (SSSR count). The molecule has 0 spiro atoms. The van der Waals surface area contributed by atoms with Gasteiger partial charge in [0.05, 0.1) is 14.3 Å². The second kappa shape index (κ2) is 14.6. The number of nitrogens with two attached hydrogens (primary N) is 1. The van der Waals surface area contributed by atoms with Gasteiger partial charge in [-0.1, -0.05) is 30.3 Å². The first-order valence-electron chi connectivity index (χ1n) is 9.68. The van der Waals surface area contributed by atoms with Crippen molar-refractivity contribution >= 4 is 104 Å². The lowest BCUT2D eigenvalue weighted by atomic mass is 10.1. The predicted molar refractivity (Wildman–Crippen MR) is 167 cm³/mol. The number of halogens is 4. The van der Waals surface area contributed by atoms with Crippen molar-refractivity contribution in [2.24, 2.45) is 5.73 Å². The second-order valence-electron chi connectivity index (χ2n) is 7.03. The lowest BCUT2D eigenvalue weighted by molar-refractivity contribution is -0.138. The Morgan fingerprint density at radius 3 is 1.94 bits per heavy atom. The van der Waals surface area contributed by atoms with E-state index in [9.17, 15) is 14.5 Å². The molecule has 13 heteroatoms. The van der Waals surface area contributed by atoms with Crippen molar-refractivity contribution in [1.82, 2.24) is 0 Å². The van der Waals surface area contributed by atoms with Gasteiger partial charge in [0.1, 0.15) is 17.5 Å². The van der Waals surface area contributed by atoms with Crippen LogP contribution in [0.5, 0.6) is 17.2 Å². The van der Waals surface area contributed by atoms with E-state index in [1.54, 1.807) is 42.5 Å². The molecule has 3 aromatic carbocycles. The number of aliphatic hydroxyl groups is 1. The summed E-state index contributed by atoms with van der Waals surface area (Å²) >= 11 is 8.42. The number of phenols is 1. The van der Waals surface area contributed by atoms with Crippen LogP contribution in [0.25, 0.3) is 0 Å². The standard InChI is InChI=1S/C15H11I4NO4.C7H9O3P/c16-8-4-7(5-9(17)13(8)21)24-14-10(18)1-6(2-11(14)19)3-12(20)15(22)23;8-7(11(9)10)6-4-2-1-3-5-6/h1-2,4-5,12,21H,3,20H2,(H,22,23);1-5,7-8,11H,(H,9,10)/t12-;/m0./s1. The first-order valence-corrected chi connectivity index (χ1v) is 15.4. The second-order valence-corrected chi connectivity index (χ2v) is 12.9. The highest BCUT2D eigenvalue weighted by Gasteiger charge is 2.17. The van der Waals surface area contributed by atoms with Gasteiger partial charge in [0.15, 0.2) is 11.6 Å². The van der Waals surface area contributed by atoms with E-state index in [1.165, 1.54) is 0 Å². The molecule has 0 heterocycles.